The second-order valence-corrected chi connectivity index (χ2v) is 11.6. The van der Waals surface area contributed by atoms with Crippen molar-refractivity contribution in [2.45, 2.75) is 76.7 Å². The summed E-state index contributed by atoms with van der Waals surface area (Å²) in [5.74, 6) is 6.60. The SMILES string of the molecule is C[C@]12CCC3C(C1[C@H]1C[C@H]1[C@@]21CCC(=O)O1)[C@H](C1CC1)CC1=CC(=O)CC[C@@H]13. The van der Waals surface area contributed by atoms with E-state index < -0.39 is 0 Å². The Morgan fingerprint density at radius 3 is 2.61 bits per heavy atom. The first-order valence-electron chi connectivity index (χ1n) is 12.0. The molecule has 150 valence electrons. The molecule has 1 saturated heterocycles. The molecule has 28 heavy (non-hydrogen) atoms. The van der Waals surface area contributed by atoms with Gasteiger partial charge in [-0.15, -0.1) is 0 Å². The van der Waals surface area contributed by atoms with Crippen LogP contribution in [-0.4, -0.2) is 17.4 Å². The van der Waals surface area contributed by atoms with Crippen LogP contribution < -0.4 is 0 Å². The summed E-state index contributed by atoms with van der Waals surface area (Å²) < 4.78 is 6.25. The number of carbonyl (C=O) groups excluding carboxylic acids is 2. The Bertz CT molecular complexity index is 809. The van der Waals surface area contributed by atoms with E-state index in [1.807, 2.05) is 0 Å². The highest BCUT2D eigenvalue weighted by atomic mass is 16.6. The first kappa shape index (κ1) is 16.7. The molecule has 9 atom stereocenters. The Morgan fingerprint density at radius 1 is 1.00 bits per heavy atom. The topological polar surface area (TPSA) is 43.4 Å². The summed E-state index contributed by atoms with van der Waals surface area (Å²) in [6, 6.07) is 0. The molecule has 1 aliphatic heterocycles. The standard InChI is InChI=1S/C25H32O3/c1-24-8-6-17-16-5-4-15(26)10-14(16)11-18(13-2-3-13)22(17)23(24)19-12-20(19)25(24)9-7-21(27)28-25/h10,13,16-20,22-23H,2-9,11-12H2,1H3/t16-,17?,18-,19-,20+,22?,23?,24-,25-/m0/s1. The molecule has 3 unspecified atom stereocenters. The quantitative estimate of drug-likeness (QED) is 0.620. The lowest BCUT2D eigenvalue weighted by Crippen LogP contribution is -2.57. The van der Waals surface area contributed by atoms with Crippen molar-refractivity contribution in [2.75, 3.05) is 0 Å². The highest BCUT2D eigenvalue weighted by molar-refractivity contribution is 5.91. The lowest BCUT2D eigenvalue weighted by Gasteiger charge is -2.59. The van der Waals surface area contributed by atoms with Crippen molar-refractivity contribution in [1.29, 1.82) is 0 Å². The van der Waals surface area contributed by atoms with Gasteiger partial charge < -0.3 is 4.74 Å². The minimum absolute atomic E-state index is 0.0630. The van der Waals surface area contributed by atoms with E-state index in [2.05, 4.69) is 13.0 Å². The normalized spacial score (nSPS) is 56.5. The summed E-state index contributed by atoms with van der Waals surface area (Å²) in [5, 5.41) is 0. The summed E-state index contributed by atoms with van der Waals surface area (Å²) >= 11 is 0. The summed E-state index contributed by atoms with van der Waals surface area (Å²) in [4.78, 5) is 24.3. The van der Waals surface area contributed by atoms with Gasteiger partial charge in [-0.3, -0.25) is 9.59 Å². The van der Waals surface area contributed by atoms with Crippen LogP contribution in [-0.2, 0) is 14.3 Å². The van der Waals surface area contributed by atoms with Crippen molar-refractivity contribution in [3.05, 3.63) is 11.6 Å². The van der Waals surface area contributed by atoms with Gasteiger partial charge in [0.05, 0.1) is 0 Å². The molecule has 6 aliphatic carbocycles. The summed E-state index contributed by atoms with van der Waals surface area (Å²) in [6.45, 7) is 2.51. The van der Waals surface area contributed by atoms with Crippen molar-refractivity contribution in [3.8, 4) is 0 Å². The van der Waals surface area contributed by atoms with E-state index in [-0.39, 0.29) is 17.0 Å². The van der Waals surface area contributed by atoms with Gasteiger partial charge in [-0.05, 0) is 98.9 Å². The van der Waals surface area contributed by atoms with Gasteiger partial charge in [0.15, 0.2) is 5.78 Å². The smallest absolute Gasteiger partial charge is 0.306 e. The number of fused-ring (bicyclic) bond motifs is 9. The predicted octanol–water partition coefficient (Wildman–Crippen LogP) is 4.70. The van der Waals surface area contributed by atoms with Crippen LogP contribution in [0.2, 0.25) is 0 Å². The molecule has 7 rings (SSSR count). The molecule has 0 aromatic rings. The first-order valence-corrected chi connectivity index (χ1v) is 12.0. The second-order valence-electron chi connectivity index (χ2n) is 11.6. The molecule has 7 aliphatic rings. The molecule has 1 heterocycles. The highest BCUT2D eigenvalue weighted by Gasteiger charge is 2.79. The van der Waals surface area contributed by atoms with E-state index in [0.29, 0.717) is 24.0 Å². The molecule has 0 bridgehead atoms. The molecule has 0 aromatic heterocycles. The molecule has 0 amide bonds. The molecule has 0 radical (unpaired) electrons. The van der Waals surface area contributed by atoms with Crippen molar-refractivity contribution >= 4 is 11.8 Å². The molecule has 6 fully saturated rings. The van der Waals surface area contributed by atoms with Crippen LogP contribution in [0.25, 0.3) is 0 Å². The van der Waals surface area contributed by atoms with Crippen LogP contribution in [0.5, 0.6) is 0 Å². The lowest BCUT2D eigenvalue weighted by atomic mass is 9.46. The number of carbonyl (C=O) groups is 2. The molecule has 1 spiro atoms. The van der Waals surface area contributed by atoms with Crippen molar-refractivity contribution < 1.29 is 14.3 Å². The maximum Gasteiger partial charge on any atom is 0.306 e. The van der Waals surface area contributed by atoms with Crippen molar-refractivity contribution in [1.82, 2.24) is 0 Å². The molecule has 0 N–H and O–H groups in total. The Morgan fingerprint density at radius 2 is 1.86 bits per heavy atom. The first-order chi connectivity index (χ1) is 13.5. The summed E-state index contributed by atoms with van der Waals surface area (Å²) in [5.41, 5.74) is 1.59. The van der Waals surface area contributed by atoms with Crippen LogP contribution in [0.3, 0.4) is 0 Å². The van der Waals surface area contributed by atoms with E-state index in [4.69, 9.17) is 4.74 Å². The number of hydrogen-bond donors (Lipinski definition) is 0. The Balaban J connectivity index is 1.32. The number of esters is 1. The number of ketones is 1. The van der Waals surface area contributed by atoms with Gasteiger partial charge in [-0.2, -0.15) is 0 Å². The van der Waals surface area contributed by atoms with Gasteiger partial charge >= 0.3 is 5.97 Å². The Kier molecular flexibility index (Phi) is 3.05. The number of ether oxygens (including phenoxy) is 1. The molecular weight excluding hydrogens is 348 g/mol. The molecule has 0 aromatic carbocycles. The van der Waals surface area contributed by atoms with Gasteiger partial charge in [-0.1, -0.05) is 12.5 Å². The van der Waals surface area contributed by atoms with E-state index in [1.165, 1.54) is 44.1 Å². The second kappa shape index (κ2) is 5.13. The third-order valence-corrected chi connectivity index (χ3v) is 10.7. The van der Waals surface area contributed by atoms with Crippen LogP contribution >= 0.6 is 0 Å². The van der Waals surface area contributed by atoms with Gasteiger partial charge in [0.1, 0.15) is 5.60 Å². The molecule has 5 saturated carbocycles. The van der Waals surface area contributed by atoms with Crippen molar-refractivity contribution in [3.63, 3.8) is 0 Å². The van der Waals surface area contributed by atoms with Gasteiger partial charge in [-0.25, -0.2) is 0 Å². The Labute approximate surface area is 167 Å². The molecular formula is C25H32O3. The number of hydrogen-bond acceptors (Lipinski definition) is 3. The minimum Gasteiger partial charge on any atom is -0.458 e. The van der Waals surface area contributed by atoms with Crippen LogP contribution in [0, 0.1) is 52.8 Å². The number of rotatable bonds is 1. The fourth-order valence-electron chi connectivity index (χ4n) is 9.63. The number of allylic oxidation sites excluding steroid dienone is 1. The zero-order valence-corrected chi connectivity index (χ0v) is 17.0. The maximum atomic E-state index is 12.2. The predicted molar refractivity (Wildman–Crippen MR) is 104 cm³/mol. The third-order valence-electron chi connectivity index (χ3n) is 10.7. The van der Waals surface area contributed by atoms with Crippen LogP contribution in [0.4, 0.5) is 0 Å². The summed E-state index contributed by atoms with van der Waals surface area (Å²) in [7, 11) is 0. The van der Waals surface area contributed by atoms with E-state index >= 15 is 0 Å². The fraction of sp³-hybridized carbons (Fsp3) is 0.840. The van der Waals surface area contributed by atoms with E-state index in [1.54, 1.807) is 0 Å². The average Bonchev–Trinajstić information content (AvgIpc) is 3.59. The zero-order chi connectivity index (χ0) is 18.8. The Hall–Kier alpha value is -1.12. The largest absolute Gasteiger partial charge is 0.458 e. The van der Waals surface area contributed by atoms with Gasteiger partial charge in [0.2, 0.25) is 0 Å². The van der Waals surface area contributed by atoms with E-state index in [0.717, 1.165) is 54.8 Å². The lowest BCUT2D eigenvalue weighted by molar-refractivity contribution is -0.177. The molecule has 3 nitrogen and oxygen atoms in total. The fourth-order valence-corrected chi connectivity index (χ4v) is 9.63. The monoisotopic (exact) mass is 380 g/mol. The van der Waals surface area contributed by atoms with Crippen LogP contribution in [0.15, 0.2) is 11.6 Å². The third kappa shape index (κ3) is 1.88. The summed E-state index contributed by atoms with van der Waals surface area (Å²) in [6.07, 6.45) is 13.4. The van der Waals surface area contributed by atoms with Gasteiger partial charge in [0.25, 0.3) is 0 Å². The van der Waals surface area contributed by atoms with Crippen molar-refractivity contribution in [2.24, 2.45) is 52.8 Å². The van der Waals surface area contributed by atoms with Gasteiger partial charge in [0, 0.05) is 24.2 Å². The highest BCUT2D eigenvalue weighted by Crippen LogP contribution is 2.79. The van der Waals surface area contributed by atoms with E-state index in [9.17, 15) is 9.59 Å². The molecule has 3 heteroatoms. The minimum atomic E-state index is -0.128. The average molecular weight is 381 g/mol. The van der Waals surface area contributed by atoms with Crippen LogP contribution in [0.1, 0.15) is 71.1 Å². The zero-order valence-electron chi connectivity index (χ0n) is 17.0. The maximum absolute atomic E-state index is 12.2.